The van der Waals surface area contributed by atoms with Crippen molar-refractivity contribution >= 4 is 15.7 Å². The second-order valence-corrected chi connectivity index (χ2v) is 7.31. The molecule has 0 aliphatic heterocycles. The molecule has 2 aromatic rings. The fourth-order valence-electron chi connectivity index (χ4n) is 1.91. The summed E-state index contributed by atoms with van der Waals surface area (Å²) in [6.45, 7) is 0.373. The predicted octanol–water partition coefficient (Wildman–Crippen LogP) is 3.26. The molecule has 23 heavy (non-hydrogen) atoms. The van der Waals surface area contributed by atoms with Crippen LogP contribution in [0.15, 0.2) is 42.6 Å². The molecular weight excluding hydrogens is 329 g/mol. The molecule has 0 atom stereocenters. The van der Waals surface area contributed by atoms with Crippen LogP contribution < -0.4 is 5.32 Å². The number of anilines is 1. The van der Waals surface area contributed by atoms with Gasteiger partial charge in [-0.15, -0.1) is 0 Å². The van der Waals surface area contributed by atoms with Crippen LogP contribution in [0.4, 0.5) is 19.0 Å². The summed E-state index contributed by atoms with van der Waals surface area (Å²) in [5.41, 5.74) is 0.751. The van der Waals surface area contributed by atoms with Crippen LogP contribution in [0.5, 0.6) is 0 Å². The lowest BCUT2D eigenvalue weighted by Gasteiger charge is -2.09. The predicted molar refractivity (Wildman–Crippen MR) is 81.6 cm³/mol. The SMILES string of the molecule is CS(=O)(=O)Cc1ccc(CNc2ccc(C(F)(F)F)cn2)cc1. The second-order valence-electron chi connectivity index (χ2n) is 5.17. The Hall–Kier alpha value is -2.09. The summed E-state index contributed by atoms with van der Waals surface area (Å²) in [7, 11) is -3.08. The molecule has 0 spiro atoms. The standard InChI is InChI=1S/C15H15F3N2O2S/c1-23(21,22)10-12-4-2-11(3-5-12)8-19-14-7-6-13(9-20-14)15(16,17)18/h2-7,9H,8,10H2,1H3,(H,19,20). The van der Waals surface area contributed by atoms with Crippen LogP contribution in [0.1, 0.15) is 16.7 Å². The minimum Gasteiger partial charge on any atom is -0.366 e. The van der Waals surface area contributed by atoms with Gasteiger partial charge in [0.05, 0.1) is 11.3 Å². The van der Waals surface area contributed by atoms with Gasteiger partial charge in [-0.1, -0.05) is 24.3 Å². The lowest BCUT2D eigenvalue weighted by atomic mass is 10.1. The number of hydrogen-bond acceptors (Lipinski definition) is 4. The first kappa shape index (κ1) is 17.3. The van der Waals surface area contributed by atoms with Crippen LogP contribution in [-0.4, -0.2) is 19.7 Å². The van der Waals surface area contributed by atoms with Crippen molar-refractivity contribution in [2.24, 2.45) is 0 Å². The van der Waals surface area contributed by atoms with Gasteiger partial charge in [-0.2, -0.15) is 13.2 Å². The molecule has 0 fully saturated rings. The van der Waals surface area contributed by atoms with E-state index in [1.165, 1.54) is 12.3 Å². The average Bonchev–Trinajstić information content (AvgIpc) is 2.44. The monoisotopic (exact) mass is 344 g/mol. The molecule has 0 unspecified atom stereocenters. The molecule has 1 N–H and O–H groups in total. The van der Waals surface area contributed by atoms with Crippen molar-refractivity contribution in [2.45, 2.75) is 18.5 Å². The van der Waals surface area contributed by atoms with E-state index in [9.17, 15) is 21.6 Å². The Bertz CT molecular complexity index is 755. The maximum Gasteiger partial charge on any atom is 0.417 e. The van der Waals surface area contributed by atoms with Gasteiger partial charge >= 0.3 is 6.18 Å². The zero-order chi connectivity index (χ0) is 17.1. The number of aromatic nitrogens is 1. The van der Waals surface area contributed by atoms with E-state index in [0.29, 0.717) is 17.9 Å². The molecule has 0 aliphatic rings. The van der Waals surface area contributed by atoms with E-state index in [0.717, 1.165) is 17.8 Å². The fraction of sp³-hybridized carbons (Fsp3) is 0.267. The van der Waals surface area contributed by atoms with Gasteiger partial charge in [-0.05, 0) is 23.3 Å². The Morgan fingerprint density at radius 1 is 1.04 bits per heavy atom. The van der Waals surface area contributed by atoms with Gasteiger partial charge in [0.15, 0.2) is 9.84 Å². The summed E-state index contributed by atoms with van der Waals surface area (Å²) >= 11 is 0. The van der Waals surface area contributed by atoms with Gasteiger partial charge < -0.3 is 5.32 Å². The van der Waals surface area contributed by atoms with Crippen molar-refractivity contribution in [1.82, 2.24) is 4.98 Å². The first-order chi connectivity index (χ1) is 10.6. The van der Waals surface area contributed by atoms with E-state index in [2.05, 4.69) is 10.3 Å². The molecular formula is C15H15F3N2O2S. The first-order valence-corrected chi connectivity index (χ1v) is 8.72. The molecule has 1 aromatic heterocycles. The van der Waals surface area contributed by atoms with Crippen LogP contribution in [0.3, 0.4) is 0 Å². The summed E-state index contributed by atoms with van der Waals surface area (Å²) in [6.07, 6.45) is -2.46. The highest BCUT2D eigenvalue weighted by Gasteiger charge is 2.30. The molecule has 0 bridgehead atoms. The third kappa shape index (κ3) is 5.55. The van der Waals surface area contributed by atoms with E-state index in [-0.39, 0.29) is 5.75 Å². The highest BCUT2D eigenvalue weighted by atomic mass is 32.2. The summed E-state index contributed by atoms with van der Waals surface area (Å²) in [4.78, 5) is 3.72. The second kappa shape index (κ2) is 6.57. The molecule has 1 heterocycles. The van der Waals surface area contributed by atoms with E-state index < -0.39 is 21.6 Å². The van der Waals surface area contributed by atoms with Crippen LogP contribution >= 0.6 is 0 Å². The summed E-state index contributed by atoms with van der Waals surface area (Å²) < 4.78 is 59.7. The van der Waals surface area contributed by atoms with Crippen LogP contribution in [0.25, 0.3) is 0 Å². The molecule has 8 heteroatoms. The number of pyridine rings is 1. The fourth-order valence-corrected chi connectivity index (χ4v) is 2.71. The smallest absolute Gasteiger partial charge is 0.366 e. The van der Waals surface area contributed by atoms with Crippen LogP contribution in [0.2, 0.25) is 0 Å². The van der Waals surface area contributed by atoms with Gasteiger partial charge in [0.2, 0.25) is 0 Å². The van der Waals surface area contributed by atoms with E-state index >= 15 is 0 Å². The summed E-state index contributed by atoms with van der Waals surface area (Å²) in [5.74, 6) is 0.305. The molecule has 4 nitrogen and oxygen atoms in total. The molecule has 0 radical (unpaired) electrons. The maximum atomic E-state index is 12.4. The largest absolute Gasteiger partial charge is 0.417 e. The lowest BCUT2D eigenvalue weighted by molar-refractivity contribution is -0.137. The quantitative estimate of drug-likeness (QED) is 0.904. The van der Waals surface area contributed by atoms with Crippen molar-refractivity contribution in [3.63, 3.8) is 0 Å². The van der Waals surface area contributed by atoms with E-state index in [1.807, 2.05) is 0 Å². The summed E-state index contributed by atoms with van der Waals surface area (Å²) in [6, 6.07) is 9.16. The van der Waals surface area contributed by atoms with E-state index in [1.54, 1.807) is 24.3 Å². The number of halogens is 3. The van der Waals surface area contributed by atoms with Crippen molar-refractivity contribution < 1.29 is 21.6 Å². The number of nitrogens with zero attached hydrogens (tertiary/aromatic N) is 1. The molecule has 0 aliphatic carbocycles. The average molecular weight is 344 g/mol. The number of nitrogens with one attached hydrogen (secondary N) is 1. The molecule has 0 saturated carbocycles. The third-order valence-corrected chi connectivity index (χ3v) is 3.87. The Morgan fingerprint density at radius 2 is 1.65 bits per heavy atom. The Morgan fingerprint density at radius 3 is 2.13 bits per heavy atom. The highest BCUT2D eigenvalue weighted by molar-refractivity contribution is 7.89. The Kier molecular flexibility index (Phi) is 4.93. The van der Waals surface area contributed by atoms with Crippen molar-refractivity contribution in [3.8, 4) is 0 Å². The van der Waals surface area contributed by atoms with Crippen molar-refractivity contribution in [3.05, 3.63) is 59.3 Å². The topological polar surface area (TPSA) is 59.1 Å². The Labute approximate surface area is 132 Å². The van der Waals surface area contributed by atoms with Crippen molar-refractivity contribution in [2.75, 3.05) is 11.6 Å². The molecule has 2 rings (SSSR count). The molecule has 0 saturated heterocycles. The minimum absolute atomic E-state index is 0.0266. The molecule has 0 amide bonds. The molecule has 124 valence electrons. The number of hydrogen-bond donors (Lipinski definition) is 1. The minimum atomic E-state index is -4.40. The van der Waals surface area contributed by atoms with Gasteiger partial charge in [0, 0.05) is 19.0 Å². The van der Waals surface area contributed by atoms with Crippen LogP contribution in [0, 0.1) is 0 Å². The summed E-state index contributed by atoms with van der Waals surface area (Å²) in [5, 5.41) is 2.91. The normalized spacial score (nSPS) is 12.2. The van der Waals surface area contributed by atoms with E-state index in [4.69, 9.17) is 0 Å². The Balaban J connectivity index is 1.96. The first-order valence-electron chi connectivity index (χ1n) is 6.66. The zero-order valence-corrected chi connectivity index (χ0v) is 13.1. The molecule has 1 aromatic carbocycles. The number of sulfone groups is 1. The maximum absolute atomic E-state index is 12.4. The van der Waals surface area contributed by atoms with Crippen LogP contribution in [-0.2, 0) is 28.3 Å². The number of alkyl halides is 3. The van der Waals surface area contributed by atoms with Gasteiger partial charge in [-0.25, -0.2) is 13.4 Å². The zero-order valence-electron chi connectivity index (χ0n) is 12.3. The number of rotatable bonds is 5. The van der Waals surface area contributed by atoms with Gasteiger partial charge in [0.25, 0.3) is 0 Å². The van der Waals surface area contributed by atoms with Gasteiger partial charge in [0.1, 0.15) is 5.82 Å². The van der Waals surface area contributed by atoms with Crippen molar-refractivity contribution in [1.29, 1.82) is 0 Å². The lowest BCUT2D eigenvalue weighted by Crippen LogP contribution is -2.07. The highest BCUT2D eigenvalue weighted by Crippen LogP contribution is 2.28. The van der Waals surface area contributed by atoms with Gasteiger partial charge in [-0.3, -0.25) is 0 Å². The third-order valence-electron chi connectivity index (χ3n) is 3.02. The number of benzene rings is 1.